The SMILES string of the molecule is CC(C)(C)C(=O)OC(Cn1cncn1)c1ccc(Cl)cc1Cl.O=[N+]([O-])O. The minimum Gasteiger partial charge on any atom is -0.455 e. The van der Waals surface area contributed by atoms with Crippen molar-refractivity contribution in [1.82, 2.24) is 14.8 Å². The number of rotatable bonds is 4. The van der Waals surface area contributed by atoms with E-state index >= 15 is 0 Å². The second-order valence-corrected chi connectivity index (χ2v) is 7.01. The highest BCUT2D eigenvalue weighted by atomic mass is 35.5. The lowest BCUT2D eigenvalue weighted by atomic mass is 9.97. The van der Waals surface area contributed by atoms with Crippen molar-refractivity contribution in [1.29, 1.82) is 0 Å². The Labute approximate surface area is 159 Å². The molecule has 142 valence electrons. The van der Waals surface area contributed by atoms with Gasteiger partial charge in [-0.05, 0) is 32.9 Å². The maximum Gasteiger partial charge on any atom is 0.311 e. The van der Waals surface area contributed by atoms with Gasteiger partial charge in [-0.2, -0.15) is 5.10 Å². The van der Waals surface area contributed by atoms with Crippen LogP contribution in [0.15, 0.2) is 30.9 Å². The third-order valence-corrected chi connectivity index (χ3v) is 3.55. The van der Waals surface area contributed by atoms with Crippen molar-refractivity contribution in [3.05, 3.63) is 56.6 Å². The summed E-state index contributed by atoms with van der Waals surface area (Å²) in [5.41, 5.74) is 0.0682. The molecule has 0 radical (unpaired) electrons. The van der Waals surface area contributed by atoms with Gasteiger partial charge in [0.25, 0.3) is 5.09 Å². The van der Waals surface area contributed by atoms with E-state index in [0.717, 1.165) is 0 Å². The molecule has 0 saturated heterocycles. The monoisotopic (exact) mass is 404 g/mol. The quantitative estimate of drug-likeness (QED) is 0.469. The maximum atomic E-state index is 12.2. The van der Waals surface area contributed by atoms with Gasteiger partial charge in [0.15, 0.2) is 0 Å². The average Bonchev–Trinajstić information content (AvgIpc) is 2.98. The van der Waals surface area contributed by atoms with Crippen molar-refractivity contribution < 1.29 is 19.8 Å². The number of carbonyl (C=O) groups excluding carboxylic acids is 1. The molecule has 1 aromatic heterocycles. The van der Waals surface area contributed by atoms with E-state index in [1.807, 2.05) is 0 Å². The maximum absolute atomic E-state index is 12.2. The average molecular weight is 405 g/mol. The van der Waals surface area contributed by atoms with Crippen molar-refractivity contribution in [2.45, 2.75) is 33.4 Å². The zero-order valence-electron chi connectivity index (χ0n) is 14.3. The predicted molar refractivity (Wildman–Crippen MR) is 93.6 cm³/mol. The summed E-state index contributed by atoms with van der Waals surface area (Å²) >= 11 is 12.2. The number of esters is 1. The van der Waals surface area contributed by atoms with E-state index in [4.69, 9.17) is 43.3 Å². The number of hydrogen-bond donors (Lipinski definition) is 1. The number of halogens is 2. The minimum absolute atomic E-state index is 0.316. The van der Waals surface area contributed by atoms with E-state index in [-0.39, 0.29) is 5.97 Å². The molecule has 26 heavy (non-hydrogen) atoms. The summed E-state index contributed by atoms with van der Waals surface area (Å²) in [6, 6.07) is 5.09. The zero-order valence-corrected chi connectivity index (χ0v) is 15.8. The Kier molecular flexibility index (Phi) is 7.78. The van der Waals surface area contributed by atoms with Gasteiger partial charge in [-0.1, -0.05) is 29.3 Å². The van der Waals surface area contributed by atoms with Crippen LogP contribution in [0.3, 0.4) is 0 Å². The minimum atomic E-state index is -1.50. The third-order valence-electron chi connectivity index (χ3n) is 2.99. The van der Waals surface area contributed by atoms with E-state index in [2.05, 4.69) is 10.1 Å². The standard InChI is InChI=1S/C15H17Cl2N3O2.HNO3/c1-15(2,3)14(21)22-13(7-20-9-18-8-19-20)11-5-4-10(16)6-12(11)17;2-1(3)4/h4-6,8-9,13H,7H2,1-3H3;(H,2,3,4). The summed E-state index contributed by atoms with van der Waals surface area (Å²) in [6.45, 7) is 5.71. The highest BCUT2D eigenvalue weighted by Crippen LogP contribution is 2.31. The molecule has 1 heterocycles. The van der Waals surface area contributed by atoms with Crippen molar-refractivity contribution in [2.24, 2.45) is 5.41 Å². The summed E-state index contributed by atoms with van der Waals surface area (Å²) in [7, 11) is 0. The molecule has 0 saturated carbocycles. The number of carbonyl (C=O) groups is 1. The molecule has 11 heteroatoms. The summed E-state index contributed by atoms with van der Waals surface area (Å²) in [5.74, 6) is -0.316. The number of hydrogen-bond acceptors (Lipinski definition) is 6. The molecule has 0 bridgehead atoms. The molecule has 0 aliphatic rings. The molecule has 9 nitrogen and oxygen atoms in total. The van der Waals surface area contributed by atoms with Crippen LogP contribution in [0.25, 0.3) is 0 Å². The molecule has 2 aromatic rings. The van der Waals surface area contributed by atoms with Crippen molar-refractivity contribution >= 4 is 29.2 Å². The zero-order chi connectivity index (χ0) is 19.9. The van der Waals surface area contributed by atoms with Crippen molar-refractivity contribution in [3.8, 4) is 0 Å². The molecule has 0 fully saturated rings. The molecule has 0 spiro atoms. The number of nitrogens with zero attached hydrogens (tertiary/aromatic N) is 4. The molecule has 1 unspecified atom stereocenters. The molecule has 0 amide bonds. The van der Waals surface area contributed by atoms with Crippen LogP contribution in [-0.4, -0.2) is 31.0 Å². The molecule has 1 N–H and O–H groups in total. The van der Waals surface area contributed by atoms with E-state index in [0.29, 0.717) is 22.2 Å². The lowest BCUT2D eigenvalue weighted by Gasteiger charge is -2.24. The summed E-state index contributed by atoms with van der Waals surface area (Å²) in [5, 5.41) is 18.6. The summed E-state index contributed by atoms with van der Waals surface area (Å²) in [4.78, 5) is 24.5. The molecular formula is C15H18Cl2N4O5. The fourth-order valence-electron chi connectivity index (χ4n) is 1.76. The first-order valence-corrected chi connectivity index (χ1v) is 8.08. The predicted octanol–water partition coefficient (Wildman–Crippen LogP) is 3.57. The highest BCUT2D eigenvalue weighted by molar-refractivity contribution is 6.35. The van der Waals surface area contributed by atoms with Gasteiger partial charge in [0.05, 0.1) is 12.0 Å². The van der Waals surface area contributed by atoms with Gasteiger partial charge >= 0.3 is 5.97 Å². The van der Waals surface area contributed by atoms with Crippen LogP contribution in [0.2, 0.25) is 10.0 Å². The normalized spacial score (nSPS) is 11.9. The van der Waals surface area contributed by atoms with E-state index in [1.165, 1.54) is 6.33 Å². The van der Waals surface area contributed by atoms with E-state index in [1.54, 1.807) is 50.0 Å². The van der Waals surface area contributed by atoms with Crippen LogP contribution in [0, 0.1) is 15.5 Å². The fourth-order valence-corrected chi connectivity index (χ4v) is 2.29. The van der Waals surface area contributed by atoms with Gasteiger partial charge in [-0.25, -0.2) is 9.67 Å². The van der Waals surface area contributed by atoms with Crippen molar-refractivity contribution in [2.75, 3.05) is 0 Å². The number of ether oxygens (including phenoxy) is 1. The van der Waals surface area contributed by atoms with Gasteiger partial charge in [-0.3, -0.25) is 4.79 Å². The van der Waals surface area contributed by atoms with Crippen LogP contribution in [0.5, 0.6) is 0 Å². The van der Waals surface area contributed by atoms with Gasteiger partial charge in [0.2, 0.25) is 0 Å². The molecule has 0 aliphatic carbocycles. The first kappa shape index (κ1) is 21.7. The largest absolute Gasteiger partial charge is 0.455 e. The molecule has 1 aromatic carbocycles. The van der Waals surface area contributed by atoms with E-state index in [9.17, 15) is 4.79 Å². The topological polar surface area (TPSA) is 120 Å². The van der Waals surface area contributed by atoms with Gasteiger partial charge in [-0.15, -0.1) is 10.1 Å². The van der Waals surface area contributed by atoms with Crippen LogP contribution in [0.4, 0.5) is 0 Å². The Morgan fingerprint density at radius 3 is 2.50 bits per heavy atom. The molecule has 2 rings (SSSR count). The highest BCUT2D eigenvalue weighted by Gasteiger charge is 2.28. The van der Waals surface area contributed by atoms with Crippen LogP contribution in [-0.2, 0) is 16.1 Å². The Morgan fingerprint density at radius 2 is 2.04 bits per heavy atom. The van der Waals surface area contributed by atoms with Crippen molar-refractivity contribution in [3.63, 3.8) is 0 Å². The van der Waals surface area contributed by atoms with Gasteiger partial charge in [0, 0.05) is 15.6 Å². The second-order valence-electron chi connectivity index (χ2n) is 6.17. The second kappa shape index (κ2) is 9.35. The fraction of sp³-hybridized carbons (Fsp3) is 0.400. The Hall–Kier alpha value is -2.39. The molecule has 1 atom stereocenters. The van der Waals surface area contributed by atoms with E-state index < -0.39 is 16.6 Å². The first-order valence-electron chi connectivity index (χ1n) is 7.32. The van der Waals surface area contributed by atoms with Crippen LogP contribution < -0.4 is 0 Å². The van der Waals surface area contributed by atoms with Gasteiger partial charge < -0.3 is 9.94 Å². The molecular weight excluding hydrogens is 387 g/mol. The third kappa shape index (κ3) is 7.24. The van der Waals surface area contributed by atoms with Crippen LogP contribution in [0.1, 0.15) is 32.4 Å². The summed E-state index contributed by atoms with van der Waals surface area (Å²) in [6.07, 6.45) is 2.41. The lowest BCUT2D eigenvalue weighted by molar-refractivity contribution is -0.742. The number of aromatic nitrogens is 3. The first-order chi connectivity index (χ1) is 12.0. The van der Waals surface area contributed by atoms with Gasteiger partial charge in [0.1, 0.15) is 18.8 Å². The molecule has 0 aliphatic heterocycles. The number of benzene rings is 1. The summed E-state index contributed by atoms with van der Waals surface area (Å²) < 4.78 is 7.23. The smallest absolute Gasteiger partial charge is 0.311 e. The Balaban J connectivity index is 0.000000765. The Morgan fingerprint density at radius 1 is 1.42 bits per heavy atom. The van der Waals surface area contributed by atoms with Crippen LogP contribution >= 0.6 is 23.2 Å². The Bertz CT molecular complexity index is 743. The lowest BCUT2D eigenvalue weighted by Crippen LogP contribution is -2.27.